The molecule has 0 radical (unpaired) electrons. The van der Waals surface area contributed by atoms with Gasteiger partial charge < -0.3 is 0 Å². The molecular weight excluding hydrogens is 300 g/mol. The van der Waals surface area contributed by atoms with Gasteiger partial charge in [0.25, 0.3) is 0 Å². The normalized spacial score (nSPS) is 14.9. The van der Waals surface area contributed by atoms with Crippen molar-refractivity contribution in [3.63, 3.8) is 0 Å². The van der Waals surface area contributed by atoms with Crippen molar-refractivity contribution in [1.82, 2.24) is 0 Å². The van der Waals surface area contributed by atoms with Crippen LogP contribution in [0.25, 0.3) is 22.3 Å². The molecular formula is C25H26. The third-order valence-electron chi connectivity index (χ3n) is 5.65. The molecule has 0 spiro atoms. The second kappa shape index (κ2) is 5.33. The Kier molecular flexibility index (Phi) is 3.44. The average molecular weight is 326 g/mol. The van der Waals surface area contributed by atoms with Crippen molar-refractivity contribution < 1.29 is 0 Å². The van der Waals surface area contributed by atoms with Crippen LogP contribution in [0.1, 0.15) is 51.3 Å². The summed E-state index contributed by atoms with van der Waals surface area (Å²) in [4.78, 5) is 0. The molecule has 0 saturated heterocycles. The van der Waals surface area contributed by atoms with E-state index in [0.717, 1.165) is 0 Å². The van der Waals surface area contributed by atoms with Crippen LogP contribution >= 0.6 is 0 Å². The van der Waals surface area contributed by atoms with Gasteiger partial charge >= 0.3 is 0 Å². The van der Waals surface area contributed by atoms with Gasteiger partial charge in [0.1, 0.15) is 0 Å². The standard InChI is InChI=1S/C25H26/c1-24(2,3)19-12-14-22-21(16-19)20-13-11-18(15-23(20)25(22,4)5)17-9-7-6-8-10-17/h6-16H,1-5H3. The molecule has 0 heterocycles. The Morgan fingerprint density at radius 2 is 1.36 bits per heavy atom. The predicted octanol–water partition coefficient (Wildman–Crippen LogP) is 6.96. The largest absolute Gasteiger partial charge is 0.0622 e. The van der Waals surface area contributed by atoms with Crippen molar-refractivity contribution in [2.75, 3.05) is 0 Å². The number of hydrogen-bond acceptors (Lipinski definition) is 0. The Morgan fingerprint density at radius 3 is 2.04 bits per heavy atom. The van der Waals surface area contributed by atoms with E-state index in [4.69, 9.17) is 0 Å². The highest BCUT2D eigenvalue weighted by Gasteiger charge is 2.36. The SMILES string of the molecule is CC(C)(C)c1ccc2c(c1)-c1ccc(-c3ccccc3)cc1C2(C)C. The summed E-state index contributed by atoms with van der Waals surface area (Å²) in [6.45, 7) is 11.6. The molecule has 0 heteroatoms. The first-order valence-corrected chi connectivity index (χ1v) is 9.14. The molecule has 0 unspecified atom stereocenters. The maximum absolute atomic E-state index is 2.41. The van der Waals surface area contributed by atoms with Crippen molar-refractivity contribution in [1.29, 1.82) is 0 Å². The van der Waals surface area contributed by atoms with E-state index in [0.29, 0.717) is 0 Å². The van der Waals surface area contributed by atoms with Gasteiger partial charge in [-0.15, -0.1) is 0 Å². The minimum atomic E-state index is 0.0475. The predicted molar refractivity (Wildman–Crippen MR) is 108 cm³/mol. The first-order valence-electron chi connectivity index (χ1n) is 9.14. The van der Waals surface area contributed by atoms with Crippen LogP contribution in [-0.4, -0.2) is 0 Å². The molecule has 0 nitrogen and oxygen atoms in total. The van der Waals surface area contributed by atoms with E-state index in [1.165, 1.54) is 38.9 Å². The number of benzene rings is 3. The highest BCUT2D eigenvalue weighted by atomic mass is 14.4. The first kappa shape index (κ1) is 16.1. The van der Waals surface area contributed by atoms with Crippen LogP contribution in [0, 0.1) is 0 Å². The van der Waals surface area contributed by atoms with Crippen molar-refractivity contribution in [2.45, 2.75) is 45.4 Å². The first-order chi connectivity index (χ1) is 11.8. The van der Waals surface area contributed by atoms with Gasteiger partial charge in [-0.25, -0.2) is 0 Å². The van der Waals surface area contributed by atoms with Gasteiger partial charge in [-0.3, -0.25) is 0 Å². The molecule has 0 saturated carbocycles. The summed E-state index contributed by atoms with van der Waals surface area (Å²) in [5, 5.41) is 0. The van der Waals surface area contributed by atoms with Crippen molar-refractivity contribution in [3.8, 4) is 22.3 Å². The minimum Gasteiger partial charge on any atom is -0.0622 e. The Bertz CT molecular complexity index is 938. The summed E-state index contributed by atoms with van der Waals surface area (Å²) in [6, 6.07) is 24.7. The van der Waals surface area contributed by atoms with Gasteiger partial charge in [-0.05, 0) is 50.4 Å². The zero-order valence-corrected chi connectivity index (χ0v) is 15.9. The lowest BCUT2D eigenvalue weighted by Gasteiger charge is -2.24. The minimum absolute atomic E-state index is 0.0475. The van der Waals surface area contributed by atoms with Crippen LogP contribution in [0.5, 0.6) is 0 Å². The molecule has 126 valence electrons. The summed E-state index contributed by atoms with van der Waals surface area (Å²) in [5.74, 6) is 0. The maximum Gasteiger partial charge on any atom is 0.0159 e. The smallest absolute Gasteiger partial charge is 0.0159 e. The van der Waals surface area contributed by atoms with Gasteiger partial charge in [0, 0.05) is 5.41 Å². The molecule has 0 fully saturated rings. The van der Waals surface area contributed by atoms with Crippen molar-refractivity contribution in [3.05, 3.63) is 83.4 Å². The fourth-order valence-corrected chi connectivity index (χ4v) is 4.03. The highest BCUT2D eigenvalue weighted by Crippen LogP contribution is 2.50. The summed E-state index contributed by atoms with van der Waals surface area (Å²) in [5.41, 5.74) is 9.90. The van der Waals surface area contributed by atoms with E-state index >= 15 is 0 Å². The fourth-order valence-electron chi connectivity index (χ4n) is 4.03. The molecule has 0 aromatic heterocycles. The molecule has 0 aliphatic heterocycles. The molecule has 25 heavy (non-hydrogen) atoms. The maximum atomic E-state index is 2.41. The zero-order valence-electron chi connectivity index (χ0n) is 15.9. The molecule has 0 N–H and O–H groups in total. The lowest BCUT2D eigenvalue weighted by molar-refractivity contribution is 0.589. The molecule has 3 aromatic rings. The quantitative estimate of drug-likeness (QED) is 0.453. The van der Waals surface area contributed by atoms with Gasteiger partial charge in [0.15, 0.2) is 0 Å². The molecule has 1 aliphatic rings. The highest BCUT2D eigenvalue weighted by molar-refractivity contribution is 5.84. The van der Waals surface area contributed by atoms with Gasteiger partial charge in [0.2, 0.25) is 0 Å². The number of rotatable bonds is 1. The van der Waals surface area contributed by atoms with E-state index in [9.17, 15) is 0 Å². The van der Waals surface area contributed by atoms with E-state index in [2.05, 4.69) is 101 Å². The Labute approximate surface area is 151 Å². The van der Waals surface area contributed by atoms with Gasteiger partial charge in [-0.1, -0.05) is 95.3 Å². The monoisotopic (exact) mass is 326 g/mol. The van der Waals surface area contributed by atoms with Crippen molar-refractivity contribution >= 4 is 0 Å². The molecule has 0 amide bonds. The van der Waals surface area contributed by atoms with Crippen molar-refractivity contribution in [2.24, 2.45) is 0 Å². The van der Waals surface area contributed by atoms with E-state index < -0.39 is 0 Å². The Morgan fingerprint density at radius 1 is 0.640 bits per heavy atom. The average Bonchev–Trinajstić information content (AvgIpc) is 2.82. The van der Waals surface area contributed by atoms with Gasteiger partial charge in [-0.2, -0.15) is 0 Å². The lowest BCUT2D eigenvalue weighted by atomic mass is 9.80. The molecule has 3 aromatic carbocycles. The van der Waals surface area contributed by atoms with Crippen LogP contribution < -0.4 is 0 Å². The van der Waals surface area contributed by atoms with E-state index in [1.54, 1.807) is 0 Å². The van der Waals surface area contributed by atoms with Crippen LogP contribution in [-0.2, 0) is 10.8 Å². The molecule has 0 bridgehead atoms. The third kappa shape index (κ3) is 2.52. The number of hydrogen-bond donors (Lipinski definition) is 0. The van der Waals surface area contributed by atoms with Crippen LogP contribution in [0.4, 0.5) is 0 Å². The Hall–Kier alpha value is -2.34. The molecule has 1 aliphatic carbocycles. The third-order valence-corrected chi connectivity index (χ3v) is 5.65. The number of fused-ring (bicyclic) bond motifs is 3. The molecule has 4 rings (SSSR count). The van der Waals surface area contributed by atoms with Gasteiger partial charge in [0.05, 0.1) is 0 Å². The summed E-state index contributed by atoms with van der Waals surface area (Å²) >= 11 is 0. The summed E-state index contributed by atoms with van der Waals surface area (Å²) in [6.07, 6.45) is 0. The fraction of sp³-hybridized carbons (Fsp3) is 0.280. The summed E-state index contributed by atoms with van der Waals surface area (Å²) < 4.78 is 0. The topological polar surface area (TPSA) is 0 Å². The lowest BCUT2D eigenvalue weighted by Crippen LogP contribution is -2.16. The van der Waals surface area contributed by atoms with Crippen LogP contribution in [0.15, 0.2) is 66.7 Å². The molecule has 0 atom stereocenters. The Balaban J connectivity index is 1.90. The van der Waals surface area contributed by atoms with E-state index in [-0.39, 0.29) is 10.8 Å². The summed E-state index contributed by atoms with van der Waals surface area (Å²) in [7, 11) is 0. The van der Waals surface area contributed by atoms with Crippen LogP contribution in [0.2, 0.25) is 0 Å². The van der Waals surface area contributed by atoms with E-state index in [1.807, 2.05) is 0 Å². The van der Waals surface area contributed by atoms with Crippen LogP contribution in [0.3, 0.4) is 0 Å². The second-order valence-electron chi connectivity index (χ2n) is 8.76. The zero-order chi connectivity index (χ0) is 17.8. The second-order valence-corrected chi connectivity index (χ2v) is 8.76.